The predicted molar refractivity (Wildman–Crippen MR) is 73.8 cm³/mol. The fraction of sp³-hybridized carbons (Fsp3) is 0.462. The predicted octanol–water partition coefficient (Wildman–Crippen LogP) is 1.66. The van der Waals surface area contributed by atoms with E-state index in [-0.39, 0.29) is 18.1 Å². The van der Waals surface area contributed by atoms with Gasteiger partial charge in [-0.25, -0.2) is 0 Å². The highest BCUT2D eigenvalue weighted by atomic mass is 35.5. The Kier molecular flexibility index (Phi) is 4.63. The van der Waals surface area contributed by atoms with E-state index in [2.05, 4.69) is 10.6 Å². The lowest BCUT2D eigenvalue weighted by Gasteiger charge is -2.13. The third-order valence-corrected chi connectivity index (χ3v) is 3.50. The Bertz CT molecular complexity index is 467. The topological polar surface area (TPSA) is 59.6 Å². The lowest BCUT2D eigenvalue weighted by molar-refractivity contribution is -0.118. The van der Waals surface area contributed by atoms with E-state index >= 15 is 0 Å². The number of anilines is 1. The molecule has 5 nitrogen and oxygen atoms in total. The molecule has 1 amide bonds. The summed E-state index contributed by atoms with van der Waals surface area (Å²) in [5.74, 6) is 0.531. The largest absolute Gasteiger partial charge is 0.497 e. The van der Waals surface area contributed by atoms with Gasteiger partial charge in [-0.15, -0.1) is 0 Å². The van der Waals surface area contributed by atoms with Crippen LogP contribution >= 0.6 is 11.6 Å². The summed E-state index contributed by atoms with van der Waals surface area (Å²) < 4.78 is 10.3. The summed E-state index contributed by atoms with van der Waals surface area (Å²) in [7, 11) is 3.21. The van der Waals surface area contributed by atoms with Gasteiger partial charge >= 0.3 is 0 Å². The maximum Gasteiger partial charge on any atom is 0.241 e. The molecule has 104 valence electrons. The van der Waals surface area contributed by atoms with Gasteiger partial charge in [-0.05, 0) is 18.6 Å². The van der Waals surface area contributed by atoms with Gasteiger partial charge in [0.05, 0.1) is 30.0 Å². The molecule has 1 aromatic carbocycles. The SMILES string of the molecule is COc1ccc(Cl)c(NC(=O)C2CC(OC)CN2)c1. The molecule has 2 N–H and O–H groups in total. The van der Waals surface area contributed by atoms with Crippen molar-refractivity contribution in [2.24, 2.45) is 0 Å². The van der Waals surface area contributed by atoms with E-state index in [0.29, 0.717) is 29.4 Å². The summed E-state index contributed by atoms with van der Waals surface area (Å²) in [5.41, 5.74) is 0.550. The number of hydrogen-bond acceptors (Lipinski definition) is 4. The molecule has 0 bridgehead atoms. The van der Waals surface area contributed by atoms with Crippen LogP contribution in [0.5, 0.6) is 5.75 Å². The molecule has 0 radical (unpaired) electrons. The van der Waals surface area contributed by atoms with E-state index in [0.717, 1.165) is 0 Å². The van der Waals surface area contributed by atoms with E-state index in [1.54, 1.807) is 32.4 Å². The molecule has 0 aromatic heterocycles. The van der Waals surface area contributed by atoms with Crippen LogP contribution in [0.1, 0.15) is 6.42 Å². The summed E-state index contributed by atoms with van der Waals surface area (Å²) in [6.07, 6.45) is 0.737. The number of carbonyl (C=O) groups is 1. The number of hydrogen-bond donors (Lipinski definition) is 2. The first-order valence-corrected chi connectivity index (χ1v) is 6.42. The van der Waals surface area contributed by atoms with Crippen LogP contribution in [0.3, 0.4) is 0 Å². The van der Waals surface area contributed by atoms with Gasteiger partial charge in [-0.3, -0.25) is 4.79 Å². The maximum absolute atomic E-state index is 12.1. The van der Waals surface area contributed by atoms with E-state index in [9.17, 15) is 4.79 Å². The van der Waals surface area contributed by atoms with Crippen LogP contribution in [0, 0.1) is 0 Å². The fourth-order valence-electron chi connectivity index (χ4n) is 2.03. The number of amides is 1. The number of nitrogens with one attached hydrogen (secondary N) is 2. The van der Waals surface area contributed by atoms with Crippen LogP contribution in [0.2, 0.25) is 5.02 Å². The molecule has 1 fully saturated rings. The molecular weight excluding hydrogens is 268 g/mol. The average molecular weight is 285 g/mol. The van der Waals surface area contributed by atoms with E-state index in [4.69, 9.17) is 21.1 Å². The van der Waals surface area contributed by atoms with Gasteiger partial charge in [0.25, 0.3) is 0 Å². The Balaban J connectivity index is 2.03. The van der Waals surface area contributed by atoms with E-state index in [1.807, 2.05) is 0 Å². The smallest absolute Gasteiger partial charge is 0.241 e. The van der Waals surface area contributed by atoms with Crippen molar-refractivity contribution >= 4 is 23.2 Å². The minimum Gasteiger partial charge on any atom is -0.497 e. The standard InChI is InChI=1S/C13H17ClN2O3/c1-18-8-3-4-10(14)11(5-8)16-13(17)12-6-9(19-2)7-15-12/h3-5,9,12,15H,6-7H2,1-2H3,(H,16,17). The molecule has 1 aliphatic heterocycles. The molecule has 19 heavy (non-hydrogen) atoms. The van der Waals surface area contributed by atoms with Crippen molar-refractivity contribution in [1.29, 1.82) is 0 Å². The Hall–Kier alpha value is -1.30. The summed E-state index contributed by atoms with van der Waals surface area (Å²) in [5, 5.41) is 6.40. The zero-order valence-corrected chi connectivity index (χ0v) is 11.7. The van der Waals surface area contributed by atoms with Crippen molar-refractivity contribution in [3.8, 4) is 5.75 Å². The fourth-order valence-corrected chi connectivity index (χ4v) is 2.19. The molecule has 2 atom stereocenters. The molecule has 1 aromatic rings. The minimum atomic E-state index is -0.257. The average Bonchev–Trinajstić information content (AvgIpc) is 2.90. The molecule has 0 aliphatic carbocycles. The summed E-state index contributed by atoms with van der Waals surface area (Å²) in [6.45, 7) is 0.681. The molecule has 1 saturated heterocycles. The van der Waals surface area contributed by atoms with Crippen LogP contribution in [-0.2, 0) is 9.53 Å². The van der Waals surface area contributed by atoms with Gasteiger partial charge in [-0.2, -0.15) is 0 Å². The third-order valence-electron chi connectivity index (χ3n) is 3.17. The zero-order chi connectivity index (χ0) is 13.8. The summed E-state index contributed by atoms with van der Waals surface area (Å²) >= 11 is 6.04. The maximum atomic E-state index is 12.1. The Morgan fingerprint density at radius 3 is 2.89 bits per heavy atom. The molecule has 6 heteroatoms. The molecule has 2 rings (SSSR count). The van der Waals surface area contributed by atoms with Gasteiger partial charge < -0.3 is 20.1 Å². The monoisotopic (exact) mass is 284 g/mol. The number of rotatable bonds is 4. The summed E-state index contributed by atoms with van der Waals surface area (Å²) in [4.78, 5) is 12.1. The molecular formula is C13H17ClN2O3. The number of ether oxygens (including phenoxy) is 2. The first kappa shape index (κ1) is 14.1. The van der Waals surface area contributed by atoms with Crippen LogP contribution in [0.15, 0.2) is 18.2 Å². The van der Waals surface area contributed by atoms with Gasteiger partial charge in [0.1, 0.15) is 5.75 Å². The Morgan fingerprint density at radius 2 is 2.26 bits per heavy atom. The van der Waals surface area contributed by atoms with Crippen molar-refractivity contribution in [3.05, 3.63) is 23.2 Å². The van der Waals surface area contributed by atoms with Crippen molar-refractivity contribution in [1.82, 2.24) is 5.32 Å². The first-order chi connectivity index (χ1) is 9.13. The van der Waals surface area contributed by atoms with Crippen LogP contribution in [0.4, 0.5) is 5.69 Å². The Labute approximate surface area is 117 Å². The minimum absolute atomic E-state index is 0.0801. The summed E-state index contributed by atoms with van der Waals surface area (Å²) in [6, 6.07) is 4.87. The second kappa shape index (κ2) is 6.23. The highest BCUT2D eigenvalue weighted by Gasteiger charge is 2.29. The normalized spacial score (nSPS) is 22.3. The van der Waals surface area contributed by atoms with Crippen molar-refractivity contribution < 1.29 is 14.3 Å². The molecule has 0 saturated carbocycles. The van der Waals surface area contributed by atoms with Gasteiger partial charge in [-0.1, -0.05) is 11.6 Å². The van der Waals surface area contributed by atoms with Gasteiger partial charge in [0, 0.05) is 19.7 Å². The molecule has 1 aliphatic rings. The van der Waals surface area contributed by atoms with Gasteiger partial charge in [0.15, 0.2) is 0 Å². The lowest BCUT2D eigenvalue weighted by atomic mass is 10.2. The highest BCUT2D eigenvalue weighted by molar-refractivity contribution is 6.33. The number of halogens is 1. The first-order valence-electron chi connectivity index (χ1n) is 6.04. The molecule has 0 spiro atoms. The van der Waals surface area contributed by atoms with E-state index < -0.39 is 0 Å². The Morgan fingerprint density at radius 1 is 1.47 bits per heavy atom. The molecule has 2 unspecified atom stereocenters. The second-order valence-electron chi connectivity index (χ2n) is 4.39. The van der Waals surface area contributed by atoms with Crippen molar-refractivity contribution in [2.45, 2.75) is 18.6 Å². The third kappa shape index (κ3) is 3.37. The van der Waals surface area contributed by atoms with E-state index in [1.165, 1.54) is 0 Å². The molecule has 1 heterocycles. The highest BCUT2D eigenvalue weighted by Crippen LogP contribution is 2.27. The van der Waals surface area contributed by atoms with Crippen LogP contribution < -0.4 is 15.4 Å². The number of benzene rings is 1. The lowest BCUT2D eigenvalue weighted by Crippen LogP contribution is -2.35. The number of methoxy groups -OCH3 is 2. The van der Waals surface area contributed by atoms with Gasteiger partial charge in [0.2, 0.25) is 5.91 Å². The second-order valence-corrected chi connectivity index (χ2v) is 4.80. The van der Waals surface area contributed by atoms with Crippen LogP contribution in [0.25, 0.3) is 0 Å². The zero-order valence-electron chi connectivity index (χ0n) is 10.9. The van der Waals surface area contributed by atoms with Crippen molar-refractivity contribution in [2.75, 3.05) is 26.1 Å². The number of carbonyl (C=O) groups excluding carboxylic acids is 1. The quantitative estimate of drug-likeness (QED) is 0.883. The van der Waals surface area contributed by atoms with Crippen molar-refractivity contribution in [3.63, 3.8) is 0 Å². The van der Waals surface area contributed by atoms with Crippen LogP contribution in [-0.4, -0.2) is 38.8 Å².